The van der Waals surface area contributed by atoms with Gasteiger partial charge in [0.25, 0.3) is 5.91 Å². The van der Waals surface area contributed by atoms with Crippen molar-refractivity contribution in [3.05, 3.63) is 59.2 Å². The number of fused-ring (bicyclic) bond motifs is 1. The van der Waals surface area contributed by atoms with Gasteiger partial charge in [-0.25, -0.2) is 4.79 Å². The summed E-state index contributed by atoms with van der Waals surface area (Å²) in [6.45, 7) is 1.20. The SMILES string of the molecule is C[C@@H](OC(=O)COc1ccc2c(c1)CCC2)C(=O)Nc1ccc(C(N)=O)cc1. The van der Waals surface area contributed by atoms with Gasteiger partial charge in [0.1, 0.15) is 5.75 Å². The Balaban J connectivity index is 1.46. The molecule has 7 heteroatoms. The molecule has 0 spiro atoms. The van der Waals surface area contributed by atoms with Gasteiger partial charge >= 0.3 is 5.97 Å². The summed E-state index contributed by atoms with van der Waals surface area (Å²) in [6.07, 6.45) is 2.25. The van der Waals surface area contributed by atoms with Crippen molar-refractivity contribution >= 4 is 23.5 Å². The number of aryl methyl sites for hydroxylation is 2. The first-order valence-electron chi connectivity index (χ1n) is 9.07. The first-order chi connectivity index (χ1) is 13.4. The average molecular weight is 382 g/mol. The molecule has 0 fully saturated rings. The van der Waals surface area contributed by atoms with Crippen molar-refractivity contribution in [3.63, 3.8) is 0 Å². The van der Waals surface area contributed by atoms with Gasteiger partial charge in [0.05, 0.1) is 0 Å². The van der Waals surface area contributed by atoms with Crippen LogP contribution < -0.4 is 15.8 Å². The maximum Gasteiger partial charge on any atom is 0.344 e. The standard InChI is InChI=1S/C21H22N2O5/c1-13(21(26)23-17-8-5-15(6-9-17)20(22)25)28-19(24)12-27-18-10-7-14-3-2-4-16(14)11-18/h5-11,13H,2-4,12H2,1H3,(H2,22,25)(H,23,26)/t13-/m1/s1. The molecule has 0 aliphatic heterocycles. The number of carbonyl (C=O) groups is 3. The number of nitrogens with two attached hydrogens (primary N) is 1. The van der Waals surface area contributed by atoms with Gasteiger partial charge in [-0.1, -0.05) is 6.07 Å². The van der Waals surface area contributed by atoms with Crippen molar-refractivity contribution in [3.8, 4) is 5.75 Å². The van der Waals surface area contributed by atoms with Crippen LogP contribution in [-0.4, -0.2) is 30.5 Å². The van der Waals surface area contributed by atoms with Crippen LogP contribution >= 0.6 is 0 Å². The van der Waals surface area contributed by atoms with Crippen LogP contribution in [0.1, 0.15) is 34.8 Å². The fraction of sp³-hybridized carbons (Fsp3) is 0.286. The second kappa shape index (κ2) is 8.56. The van der Waals surface area contributed by atoms with E-state index in [0.717, 1.165) is 19.3 Å². The third kappa shape index (κ3) is 4.88. The number of hydrogen-bond acceptors (Lipinski definition) is 5. The summed E-state index contributed by atoms with van der Waals surface area (Å²) in [5.41, 5.74) is 8.54. The van der Waals surface area contributed by atoms with E-state index in [4.69, 9.17) is 15.2 Å². The van der Waals surface area contributed by atoms with E-state index in [-0.39, 0.29) is 6.61 Å². The Morgan fingerprint density at radius 2 is 1.79 bits per heavy atom. The molecule has 7 nitrogen and oxygen atoms in total. The van der Waals surface area contributed by atoms with Crippen molar-refractivity contribution in [1.29, 1.82) is 0 Å². The van der Waals surface area contributed by atoms with Crippen LogP contribution in [0, 0.1) is 0 Å². The van der Waals surface area contributed by atoms with Crippen LogP contribution in [0.3, 0.4) is 0 Å². The lowest BCUT2D eigenvalue weighted by Crippen LogP contribution is -2.31. The van der Waals surface area contributed by atoms with E-state index in [9.17, 15) is 14.4 Å². The van der Waals surface area contributed by atoms with Crippen molar-refractivity contribution in [2.75, 3.05) is 11.9 Å². The van der Waals surface area contributed by atoms with Gasteiger partial charge in [-0.2, -0.15) is 0 Å². The Labute approximate surface area is 162 Å². The zero-order chi connectivity index (χ0) is 20.1. The number of esters is 1. The summed E-state index contributed by atoms with van der Waals surface area (Å²) < 4.78 is 10.6. The molecule has 0 saturated carbocycles. The smallest absolute Gasteiger partial charge is 0.344 e. The third-order valence-electron chi connectivity index (χ3n) is 4.54. The van der Waals surface area contributed by atoms with E-state index in [1.165, 1.54) is 30.2 Å². The topological polar surface area (TPSA) is 108 Å². The molecule has 1 aliphatic carbocycles. The number of rotatable bonds is 7. The summed E-state index contributed by atoms with van der Waals surface area (Å²) in [4.78, 5) is 35.2. The van der Waals surface area contributed by atoms with Gasteiger partial charge in [-0.05, 0) is 73.7 Å². The highest BCUT2D eigenvalue weighted by Crippen LogP contribution is 2.26. The second-order valence-electron chi connectivity index (χ2n) is 6.64. The molecule has 0 heterocycles. The number of primary amides is 1. The summed E-state index contributed by atoms with van der Waals surface area (Å²) in [6, 6.07) is 11.9. The Bertz CT molecular complexity index is 892. The Morgan fingerprint density at radius 1 is 1.07 bits per heavy atom. The summed E-state index contributed by atoms with van der Waals surface area (Å²) in [7, 11) is 0. The molecule has 3 N–H and O–H groups in total. The van der Waals surface area contributed by atoms with Gasteiger partial charge in [-0.15, -0.1) is 0 Å². The molecule has 0 radical (unpaired) electrons. The van der Waals surface area contributed by atoms with Crippen molar-refractivity contribution in [2.45, 2.75) is 32.3 Å². The lowest BCUT2D eigenvalue weighted by molar-refractivity contribution is -0.155. The highest BCUT2D eigenvalue weighted by molar-refractivity contribution is 5.96. The predicted molar refractivity (Wildman–Crippen MR) is 103 cm³/mol. The lowest BCUT2D eigenvalue weighted by Gasteiger charge is -2.14. The van der Waals surface area contributed by atoms with E-state index in [2.05, 4.69) is 5.32 Å². The molecule has 0 saturated heterocycles. The average Bonchev–Trinajstić information content (AvgIpc) is 3.14. The molecule has 2 amide bonds. The molecule has 0 bridgehead atoms. The number of hydrogen-bond donors (Lipinski definition) is 2. The molecule has 1 aliphatic rings. The van der Waals surface area contributed by atoms with Gasteiger partial charge in [0.2, 0.25) is 5.91 Å². The number of ether oxygens (including phenoxy) is 2. The van der Waals surface area contributed by atoms with Crippen LogP contribution in [0.5, 0.6) is 5.75 Å². The molecule has 28 heavy (non-hydrogen) atoms. The number of nitrogens with one attached hydrogen (secondary N) is 1. The second-order valence-corrected chi connectivity index (χ2v) is 6.64. The van der Waals surface area contributed by atoms with E-state index < -0.39 is 23.9 Å². The minimum Gasteiger partial charge on any atom is -0.482 e. The molecule has 3 rings (SSSR count). The fourth-order valence-corrected chi connectivity index (χ4v) is 3.03. The zero-order valence-electron chi connectivity index (χ0n) is 15.6. The monoisotopic (exact) mass is 382 g/mol. The van der Waals surface area contributed by atoms with Crippen molar-refractivity contribution in [1.82, 2.24) is 0 Å². The Hall–Kier alpha value is -3.35. The Kier molecular flexibility index (Phi) is 5.93. The van der Waals surface area contributed by atoms with E-state index in [1.807, 2.05) is 18.2 Å². The minimum atomic E-state index is -0.994. The molecule has 0 aromatic heterocycles. The minimum absolute atomic E-state index is 0.274. The molecular formula is C21H22N2O5. The molecule has 146 valence electrons. The number of anilines is 1. The molecule has 0 unspecified atom stereocenters. The first kappa shape index (κ1) is 19.4. The Morgan fingerprint density at radius 3 is 2.50 bits per heavy atom. The van der Waals surface area contributed by atoms with Gasteiger partial charge in [-0.3, -0.25) is 9.59 Å². The summed E-state index contributed by atoms with van der Waals surface area (Å²) in [5, 5.41) is 2.61. The first-order valence-corrected chi connectivity index (χ1v) is 9.07. The van der Waals surface area contributed by atoms with E-state index in [1.54, 1.807) is 12.1 Å². The van der Waals surface area contributed by atoms with Gasteiger partial charge < -0.3 is 20.5 Å². The lowest BCUT2D eigenvalue weighted by atomic mass is 10.1. The van der Waals surface area contributed by atoms with Crippen LogP contribution in [0.4, 0.5) is 5.69 Å². The van der Waals surface area contributed by atoms with Gasteiger partial charge in [0, 0.05) is 11.3 Å². The highest BCUT2D eigenvalue weighted by Gasteiger charge is 2.19. The number of amides is 2. The zero-order valence-corrected chi connectivity index (χ0v) is 15.6. The number of benzene rings is 2. The van der Waals surface area contributed by atoms with Crippen LogP contribution in [0.25, 0.3) is 0 Å². The predicted octanol–water partition coefficient (Wildman–Crippen LogP) is 2.22. The van der Waals surface area contributed by atoms with Crippen LogP contribution in [0.2, 0.25) is 0 Å². The van der Waals surface area contributed by atoms with E-state index >= 15 is 0 Å². The van der Waals surface area contributed by atoms with Crippen molar-refractivity contribution < 1.29 is 23.9 Å². The quantitative estimate of drug-likeness (QED) is 0.714. The highest BCUT2D eigenvalue weighted by atomic mass is 16.6. The third-order valence-corrected chi connectivity index (χ3v) is 4.54. The molecule has 1 atom stereocenters. The number of carbonyl (C=O) groups excluding carboxylic acids is 3. The molecule has 2 aromatic rings. The largest absolute Gasteiger partial charge is 0.482 e. The molecular weight excluding hydrogens is 360 g/mol. The summed E-state index contributed by atoms with van der Waals surface area (Å²) >= 11 is 0. The van der Waals surface area contributed by atoms with E-state index in [0.29, 0.717) is 17.0 Å². The summed E-state index contributed by atoms with van der Waals surface area (Å²) in [5.74, 6) is -1.06. The van der Waals surface area contributed by atoms with Gasteiger partial charge in [0.15, 0.2) is 12.7 Å². The maximum atomic E-state index is 12.1. The fourth-order valence-electron chi connectivity index (χ4n) is 3.03. The van der Waals surface area contributed by atoms with Crippen LogP contribution in [0.15, 0.2) is 42.5 Å². The normalized spacial score (nSPS) is 13.3. The molecule has 2 aromatic carbocycles. The maximum absolute atomic E-state index is 12.1. The van der Waals surface area contributed by atoms with Crippen molar-refractivity contribution in [2.24, 2.45) is 5.73 Å². The van der Waals surface area contributed by atoms with Crippen LogP contribution in [-0.2, 0) is 27.2 Å².